The number of hydrogen-bond acceptors (Lipinski definition) is 2. The van der Waals surface area contributed by atoms with E-state index >= 15 is 0 Å². The van der Waals surface area contributed by atoms with Crippen LogP contribution < -0.4 is 5.32 Å². The molecule has 0 amide bonds. The molecular formula is C15H23NO. The van der Waals surface area contributed by atoms with E-state index in [1.54, 1.807) is 0 Å². The van der Waals surface area contributed by atoms with Crippen LogP contribution >= 0.6 is 0 Å². The molecule has 0 aromatic heterocycles. The fourth-order valence-corrected chi connectivity index (χ4v) is 2.18. The number of hydrogen-bond donors (Lipinski definition) is 2. The smallest absolute Gasteiger partial charge is 0.0603 e. The zero-order chi connectivity index (χ0) is 12.3. The Bertz CT molecular complexity index is 338. The number of aliphatic hydroxyl groups is 1. The Morgan fingerprint density at radius 2 is 1.94 bits per heavy atom. The Kier molecular flexibility index (Phi) is 3.85. The van der Waals surface area contributed by atoms with Crippen LogP contribution in [0.2, 0.25) is 0 Å². The van der Waals surface area contributed by atoms with E-state index in [0.29, 0.717) is 6.04 Å². The molecule has 2 N–H and O–H groups in total. The van der Waals surface area contributed by atoms with Crippen molar-refractivity contribution in [2.24, 2.45) is 5.92 Å². The van der Waals surface area contributed by atoms with Crippen LogP contribution in [0.4, 0.5) is 0 Å². The lowest BCUT2D eigenvalue weighted by Gasteiger charge is -2.22. The van der Waals surface area contributed by atoms with Gasteiger partial charge in [-0.3, -0.25) is 0 Å². The molecule has 0 saturated heterocycles. The normalized spacial score (nSPS) is 18.1. The molecule has 0 unspecified atom stereocenters. The highest BCUT2D eigenvalue weighted by atomic mass is 16.3. The molecule has 1 atom stereocenters. The summed E-state index contributed by atoms with van der Waals surface area (Å²) in [7, 11) is 0. The predicted octanol–water partition coefficient (Wildman–Crippen LogP) is 2.89. The molecule has 0 spiro atoms. The minimum Gasteiger partial charge on any atom is -0.390 e. The van der Waals surface area contributed by atoms with Crippen molar-refractivity contribution in [2.45, 2.75) is 44.8 Å². The van der Waals surface area contributed by atoms with Gasteiger partial charge in [-0.25, -0.2) is 0 Å². The fraction of sp³-hybridized carbons (Fsp3) is 0.600. The summed E-state index contributed by atoms with van der Waals surface area (Å²) in [6, 6.07) is 11.1. The van der Waals surface area contributed by atoms with Crippen molar-refractivity contribution in [2.75, 3.05) is 6.54 Å². The van der Waals surface area contributed by atoms with Crippen LogP contribution in [0.15, 0.2) is 30.3 Å². The largest absolute Gasteiger partial charge is 0.390 e. The maximum atomic E-state index is 9.72. The lowest BCUT2D eigenvalue weighted by Crippen LogP contribution is -2.30. The summed E-state index contributed by atoms with van der Waals surface area (Å²) in [5.41, 5.74) is 0.809. The van der Waals surface area contributed by atoms with Gasteiger partial charge in [-0.05, 0) is 51.1 Å². The monoisotopic (exact) mass is 233 g/mol. The molecule has 1 aromatic carbocycles. The van der Waals surface area contributed by atoms with Crippen molar-refractivity contribution in [3.8, 4) is 0 Å². The Hall–Kier alpha value is -0.860. The first-order valence-corrected chi connectivity index (χ1v) is 6.57. The van der Waals surface area contributed by atoms with Crippen molar-refractivity contribution in [1.29, 1.82) is 0 Å². The highest BCUT2D eigenvalue weighted by Gasteiger charge is 2.31. The molecule has 1 fully saturated rings. The maximum Gasteiger partial charge on any atom is 0.0603 e. The van der Waals surface area contributed by atoms with Crippen LogP contribution in [0.5, 0.6) is 0 Å². The third-order valence-corrected chi connectivity index (χ3v) is 3.35. The van der Waals surface area contributed by atoms with Gasteiger partial charge in [0.2, 0.25) is 0 Å². The van der Waals surface area contributed by atoms with E-state index in [2.05, 4.69) is 35.6 Å². The second-order valence-corrected chi connectivity index (χ2v) is 5.74. The number of benzene rings is 1. The molecule has 2 rings (SSSR count). The van der Waals surface area contributed by atoms with E-state index in [0.717, 1.165) is 18.9 Å². The Morgan fingerprint density at radius 1 is 1.29 bits per heavy atom. The molecule has 1 aliphatic rings. The summed E-state index contributed by atoms with van der Waals surface area (Å²) < 4.78 is 0. The molecule has 2 nitrogen and oxygen atoms in total. The van der Waals surface area contributed by atoms with Crippen LogP contribution in [0, 0.1) is 5.92 Å². The van der Waals surface area contributed by atoms with Gasteiger partial charge in [0.15, 0.2) is 0 Å². The standard InChI is InChI=1S/C15H23NO/c1-15(2,17)10-11-16-14(13-8-9-13)12-6-4-3-5-7-12/h3-7,13-14,16-17H,8-11H2,1-2H3/t14-/m1/s1. The molecule has 0 radical (unpaired) electrons. The van der Waals surface area contributed by atoms with Crippen LogP contribution in [-0.4, -0.2) is 17.3 Å². The fourth-order valence-electron chi connectivity index (χ4n) is 2.18. The first-order chi connectivity index (χ1) is 8.06. The average molecular weight is 233 g/mol. The van der Waals surface area contributed by atoms with Gasteiger partial charge in [0.05, 0.1) is 5.60 Å². The number of rotatable bonds is 6. The highest BCUT2D eigenvalue weighted by molar-refractivity contribution is 5.21. The molecule has 1 saturated carbocycles. The van der Waals surface area contributed by atoms with Gasteiger partial charge in [-0.15, -0.1) is 0 Å². The van der Waals surface area contributed by atoms with Gasteiger partial charge in [0, 0.05) is 6.04 Å². The van der Waals surface area contributed by atoms with Crippen molar-refractivity contribution in [3.63, 3.8) is 0 Å². The minimum absolute atomic E-state index is 0.471. The van der Waals surface area contributed by atoms with Gasteiger partial charge in [-0.2, -0.15) is 0 Å². The summed E-state index contributed by atoms with van der Waals surface area (Å²) >= 11 is 0. The second-order valence-electron chi connectivity index (χ2n) is 5.74. The molecule has 0 aliphatic heterocycles. The van der Waals surface area contributed by atoms with Crippen molar-refractivity contribution >= 4 is 0 Å². The first-order valence-electron chi connectivity index (χ1n) is 6.57. The molecule has 0 heterocycles. The minimum atomic E-state index is -0.572. The zero-order valence-electron chi connectivity index (χ0n) is 10.8. The molecule has 17 heavy (non-hydrogen) atoms. The van der Waals surface area contributed by atoms with E-state index in [1.807, 2.05) is 13.8 Å². The molecule has 2 heteroatoms. The average Bonchev–Trinajstić information content (AvgIpc) is 3.08. The lowest BCUT2D eigenvalue weighted by molar-refractivity contribution is 0.0701. The quantitative estimate of drug-likeness (QED) is 0.792. The van der Waals surface area contributed by atoms with Crippen LogP contribution in [0.3, 0.4) is 0 Å². The highest BCUT2D eigenvalue weighted by Crippen LogP contribution is 2.40. The Morgan fingerprint density at radius 3 is 2.47 bits per heavy atom. The number of nitrogens with one attached hydrogen (secondary N) is 1. The van der Waals surface area contributed by atoms with Gasteiger partial charge < -0.3 is 10.4 Å². The van der Waals surface area contributed by atoms with E-state index in [4.69, 9.17) is 0 Å². The topological polar surface area (TPSA) is 32.3 Å². The molecular weight excluding hydrogens is 210 g/mol. The van der Waals surface area contributed by atoms with Crippen molar-refractivity contribution in [1.82, 2.24) is 5.32 Å². The summed E-state index contributed by atoms with van der Waals surface area (Å²) in [5, 5.41) is 13.3. The second kappa shape index (κ2) is 5.19. The van der Waals surface area contributed by atoms with Crippen LogP contribution in [0.25, 0.3) is 0 Å². The molecule has 94 valence electrons. The van der Waals surface area contributed by atoms with E-state index in [9.17, 15) is 5.11 Å². The van der Waals surface area contributed by atoms with Gasteiger partial charge in [-0.1, -0.05) is 30.3 Å². The lowest BCUT2D eigenvalue weighted by atomic mass is 10.0. The van der Waals surface area contributed by atoms with E-state index < -0.39 is 5.60 Å². The Balaban J connectivity index is 1.90. The SMILES string of the molecule is CC(C)(O)CCN[C@H](c1ccccc1)C1CC1. The molecule has 0 bridgehead atoms. The van der Waals surface area contributed by atoms with Crippen molar-refractivity contribution in [3.05, 3.63) is 35.9 Å². The van der Waals surface area contributed by atoms with Crippen LogP contribution in [-0.2, 0) is 0 Å². The third-order valence-electron chi connectivity index (χ3n) is 3.35. The van der Waals surface area contributed by atoms with Crippen LogP contribution in [0.1, 0.15) is 44.7 Å². The third kappa shape index (κ3) is 4.14. The molecule has 1 aliphatic carbocycles. The summed E-state index contributed by atoms with van der Waals surface area (Å²) in [4.78, 5) is 0. The Labute approximate surface area is 104 Å². The van der Waals surface area contributed by atoms with Gasteiger partial charge >= 0.3 is 0 Å². The summed E-state index contributed by atoms with van der Waals surface area (Å²) in [6.07, 6.45) is 3.45. The molecule has 1 aromatic rings. The van der Waals surface area contributed by atoms with Crippen molar-refractivity contribution < 1.29 is 5.11 Å². The van der Waals surface area contributed by atoms with Gasteiger partial charge in [0.25, 0.3) is 0 Å². The summed E-state index contributed by atoms with van der Waals surface area (Å²) in [5.74, 6) is 0.791. The van der Waals surface area contributed by atoms with E-state index in [1.165, 1.54) is 18.4 Å². The summed E-state index contributed by atoms with van der Waals surface area (Å²) in [6.45, 7) is 4.60. The zero-order valence-corrected chi connectivity index (χ0v) is 10.8. The predicted molar refractivity (Wildman–Crippen MR) is 70.8 cm³/mol. The maximum absolute atomic E-state index is 9.72. The van der Waals surface area contributed by atoms with E-state index in [-0.39, 0.29) is 0 Å². The van der Waals surface area contributed by atoms with Gasteiger partial charge in [0.1, 0.15) is 0 Å². The first kappa shape index (κ1) is 12.6.